The van der Waals surface area contributed by atoms with E-state index in [1.807, 2.05) is 18.9 Å². The number of H-pyrrole nitrogens is 1. The highest BCUT2D eigenvalue weighted by Crippen LogP contribution is 2.26. The van der Waals surface area contributed by atoms with Crippen molar-refractivity contribution in [2.24, 2.45) is 11.8 Å². The summed E-state index contributed by atoms with van der Waals surface area (Å²) in [6, 6.07) is 0. The SMILES string of the molecule is Cc1nc2c([nH]1)C[C@H](C(=O)N(C)C[C@H]1CCCOC1)CC2. The number of imidazole rings is 1. The van der Waals surface area contributed by atoms with E-state index in [0.717, 1.165) is 62.7 Å². The standard InChI is InChI=1S/C16H25N3O2/c1-11-17-14-6-5-13(8-15(14)18-11)16(20)19(2)9-12-4-3-7-21-10-12/h12-13H,3-10H2,1-2H3,(H,17,18)/t12-,13-/m1/s1. The third-order valence-electron chi connectivity index (χ3n) is 4.68. The van der Waals surface area contributed by atoms with Crippen molar-refractivity contribution in [3.63, 3.8) is 0 Å². The molecule has 0 saturated carbocycles. The second-order valence-electron chi connectivity index (χ2n) is 6.49. The van der Waals surface area contributed by atoms with Crippen LogP contribution in [0.3, 0.4) is 0 Å². The van der Waals surface area contributed by atoms with Crippen molar-refractivity contribution in [1.82, 2.24) is 14.9 Å². The van der Waals surface area contributed by atoms with Gasteiger partial charge in [-0.2, -0.15) is 0 Å². The van der Waals surface area contributed by atoms with Crippen LogP contribution >= 0.6 is 0 Å². The Morgan fingerprint density at radius 2 is 2.33 bits per heavy atom. The van der Waals surface area contributed by atoms with Gasteiger partial charge in [0.1, 0.15) is 5.82 Å². The first-order valence-corrected chi connectivity index (χ1v) is 8.00. The van der Waals surface area contributed by atoms with Crippen molar-refractivity contribution in [3.8, 4) is 0 Å². The average Bonchev–Trinajstić information content (AvgIpc) is 2.86. The Bertz CT molecular complexity index is 506. The van der Waals surface area contributed by atoms with Crippen LogP contribution in [-0.4, -0.2) is 47.6 Å². The van der Waals surface area contributed by atoms with Crippen molar-refractivity contribution in [3.05, 3.63) is 17.2 Å². The quantitative estimate of drug-likeness (QED) is 0.922. The topological polar surface area (TPSA) is 58.2 Å². The first-order chi connectivity index (χ1) is 10.1. The molecule has 1 aliphatic heterocycles. The van der Waals surface area contributed by atoms with Gasteiger partial charge in [-0.05, 0) is 38.5 Å². The number of fused-ring (bicyclic) bond motifs is 1. The maximum Gasteiger partial charge on any atom is 0.225 e. The highest BCUT2D eigenvalue weighted by atomic mass is 16.5. The smallest absolute Gasteiger partial charge is 0.225 e. The molecule has 116 valence electrons. The number of carbonyl (C=O) groups excluding carboxylic acids is 1. The van der Waals surface area contributed by atoms with Gasteiger partial charge in [0, 0.05) is 38.2 Å². The third kappa shape index (κ3) is 3.28. The fourth-order valence-electron chi connectivity index (χ4n) is 3.57. The molecule has 0 unspecified atom stereocenters. The molecular weight excluding hydrogens is 266 g/mol. The zero-order valence-electron chi connectivity index (χ0n) is 13.0. The lowest BCUT2D eigenvalue weighted by molar-refractivity contribution is -0.135. The van der Waals surface area contributed by atoms with Crippen LogP contribution in [0.1, 0.15) is 36.5 Å². The molecule has 2 atom stereocenters. The van der Waals surface area contributed by atoms with Gasteiger partial charge in [-0.25, -0.2) is 4.98 Å². The van der Waals surface area contributed by atoms with Crippen molar-refractivity contribution in [2.45, 2.75) is 39.0 Å². The first kappa shape index (κ1) is 14.6. The Labute approximate surface area is 126 Å². The van der Waals surface area contributed by atoms with E-state index < -0.39 is 0 Å². The predicted octanol–water partition coefficient (Wildman–Crippen LogP) is 1.71. The van der Waals surface area contributed by atoms with Gasteiger partial charge in [-0.15, -0.1) is 0 Å². The molecule has 2 heterocycles. The Kier molecular flexibility index (Phi) is 4.29. The Morgan fingerprint density at radius 1 is 1.48 bits per heavy atom. The van der Waals surface area contributed by atoms with E-state index >= 15 is 0 Å². The summed E-state index contributed by atoms with van der Waals surface area (Å²) in [5, 5.41) is 0. The minimum Gasteiger partial charge on any atom is -0.381 e. The molecule has 5 nitrogen and oxygen atoms in total. The van der Waals surface area contributed by atoms with E-state index in [4.69, 9.17) is 4.74 Å². The molecule has 1 aromatic rings. The number of nitrogens with zero attached hydrogens (tertiary/aromatic N) is 2. The number of nitrogens with one attached hydrogen (secondary N) is 1. The summed E-state index contributed by atoms with van der Waals surface area (Å²) in [4.78, 5) is 22.3. The summed E-state index contributed by atoms with van der Waals surface area (Å²) < 4.78 is 5.51. The first-order valence-electron chi connectivity index (χ1n) is 8.00. The Hall–Kier alpha value is -1.36. The van der Waals surface area contributed by atoms with Crippen LogP contribution in [-0.2, 0) is 22.4 Å². The fourth-order valence-corrected chi connectivity index (χ4v) is 3.57. The van der Waals surface area contributed by atoms with Gasteiger partial charge in [0.15, 0.2) is 0 Å². The second kappa shape index (κ2) is 6.18. The third-order valence-corrected chi connectivity index (χ3v) is 4.68. The summed E-state index contributed by atoms with van der Waals surface area (Å²) in [5.41, 5.74) is 2.31. The molecule has 3 rings (SSSR count). The van der Waals surface area contributed by atoms with E-state index in [-0.39, 0.29) is 11.8 Å². The van der Waals surface area contributed by atoms with Crippen LogP contribution in [0, 0.1) is 18.8 Å². The monoisotopic (exact) mass is 291 g/mol. The number of aromatic nitrogens is 2. The molecule has 0 spiro atoms. The van der Waals surface area contributed by atoms with Crippen LogP contribution in [0.25, 0.3) is 0 Å². The maximum absolute atomic E-state index is 12.6. The number of hydrogen-bond acceptors (Lipinski definition) is 3. The zero-order chi connectivity index (χ0) is 14.8. The van der Waals surface area contributed by atoms with Crippen LogP contribution in [0.5, 0.6) is 0 Å². The van der Waals surface area contributed by atoms with E-state index in [2.05, 4.69) is 9.97 Å². The number of aryl methyl sites for hydroxylation is 2. The van der Waals surface area contributed by atoms with Crippen LogP contribution < -0.4 is 0 Å². The molecule has 0 bridgehead atoms. The van der Waals surface area contributed by atoms with E-state index in [0.29, 0.717) is 5.92 Å². The van der Waals surface area contributed by atoms with Gasteiger partial charge < -0.3 is 14.6 Å². The molecule has 21 heavy (non-hydrogen) atoms. The van der Waals surface area contributed by atoms with Gasteiger partial charge in [-0.3, -0.25) is 4.79 Å². The molecule has 1 saturated heterocycles. The number of carbonyl (C=O) groups is 1. The highest BCUT2D eigenvalue weighted by Gasteiger charge is 2.29. The number of ether oxygens (including phenoxy) is 1. The molecule has 1 aromatic heterocycles. The van der Waals surface area contributed by atoms with Gasteiger partial charge in [-0.1, -0.05) is 0 Å². The van der Waals surface area contributed by atoms with Gasteiger partial charge >= 0.3 is 0 Å². The second-order valence-corrected chi connectivity index (χ2v) is 6.49. The molecule has 1 aliphatic carbocycles. The van der Waals surface area contributed by atoms with Crippen LogP contribution in [0.4, 0.5) is 0 Å². The fraction of sp³-hybridized carbons (Fsp3) is 0.750. The molecular formula is C16H25N3O2. The minimum atomic E-state index is 0.104. The molecule has 0 radical (unpaired) electrons. The van der Waals surface area contributed by atoms with Gasteiger partial charge in [0.05, 0.1) is 12.3 Å². The zero-order valence-corrected chi connectivity index (χ0v) is 13.0. The van der Waals surface area contributed by atoms with Crippen molar-refractivity contribution >= 4 is 5.91 Å². The Balaban J connectivity index is 1.57. The Morgan fingerprint density at radius 3 is 3.10 bits per heavy atom. The summed E-state index contributed by atoms with van der Waals surface area (Å²) in [5.74, 6) is 1.84. The normalized spacial score (nSPS) is 25.4. The van der Waals surface area contributed by atoms with Crippen molar-refractivity contribution < 1.29 is 9.53 Å². The summed E-state index contributed by atoms with van der Waals surface area (Å²) in [7, 11) is 1.94. The maximum atomic E-state index is 12.6. The number of amides is 1. The number of aromatic amines is 1. The predicted molar refractivity (Wildman–Crippen MR) is 80.0 cm³/mol. The van der Waals surface area contributed by atoms with E-state index in [1.54, 1.807) is 0 Å². The largest absolute Gasteiger partial charge is 0.381 e. The lowest BCUT2D eigenvalue weighted by Crippen LogP contribution is -2.40. The molecule has 1 fully saturated rings. The van der Waals surface area contributed by atoms with E-state index in [9.17, 15) is 4.79 Å². The highest BCUT2D eigenvalue weighted by molar-refractivity contribution is 5.79. The average molecular weight is 291 g/mol. The number of rotatable bonds is 3. The van der Waals surface area contributed by atoms with Crippen molar-refractivity contribution in [2.75, 3.05) is 26.8 Å². The molecule has 1 amide bonds. The lowest BCUT2D eigenvalue weighted by atomic mass is 9.88. The summed E-state index contributed by atoms with van der Waals surface area (Å²) in [6.45, 7) is 4.47. The minimum absolute atomic E-state index is 0.104. The molecule has 1 N–H and O–H groups in total. The summed E-state index contributed by atoms with van der Waals surface area (Å²) in [6.07, 6.45) is 4.93. The van der Waals surface area contributed by atoms with Gasteiger partial charge in [0.2, 0.25) is 5.91 Å². The molecule has 2 aliphatic rings. The summed E-state index contributed by atoms with van der Waals surface area (Å²) >= 11 is 0. The lowest BCUT2D eigenvalue weighted by Gasteiger charge is -2.30. The number of hydrogen-bond donors (Lipinski definition) is 1. The molecule has 0 aromatic carbocycles. The van der Waals surface area contributed by atoms with Crippen LogP contribution in [0.2, 0.25) is 0 Å². The van der Waals surface area contributed by atoms with Gasteiger partial charge in [0.25, 0.3) is 0 Å². The van der Waals surface area contributed by atoms with Crippen LogP contribution in [0.15, 0.2) is 0 Å². The van der Waals surface area contributed by atoms with E-state index in [1.165, 1.54) is 6.42 Å². The van der Waals surface area contributed by atoms with Crippen molar-refractivity contribution in [1.29, 1.82) is 0 Å². The molecule has 5 heteroatoms.